The van der Waals surface area contributed by atoms with Crippen molar-refractivity contribution in [3.8, 4) is 0 Å². The molecule has 0 spiro atoms. The summed E-state index contributed by atoms with van der Waals surface area (Å²) in [4.78, 5) is 16.2. The van der Waals surface area contributed by atoms with E-state index in [0.29, 0.717) is 6.54 Å². The number of fused-ring (bicyclic) bond motifs is 1. The van der Waals surface area contributed by atoms with E-state index in [-0.39, 0.29) is 18.2 Å². The Morgan fingerprint density at radius 1 is 1.40 bits per heavy atom. The van der Waals surface area contributed by atoms with Crippen molar-refractivity contribution in [3.63, 3.8) is 0 Å². The molecule has 0 saturated carbocycles. The number of aryl methyl sites for hydroxylation is 1. The van der Waals surface area contributed by atoms with Gasteiger partial charge in [0.05, 0.1) is 30.1 Å². The second-order valence-electron chi connectivity index (χ2n) is 5.37. The number of imidazole rings is 1. The minimum absolute atomic E-state index is 0.0801. The normalized spacial score (nSPS) is 12.8. The summed E-state index contributed by atoms with van der Waals surface area (Å²) in [6, 6.07) is 7.85. The van der Waals surface area contributed by atoms with Crippen LogP contribution in [0.4, 0.5) is 0 Å². The van der Waals surface area contributed by atoms with E-state index in [1.165, 1.54) is 0 Å². The first-order valence-electron chi connectivity index (χ1n) is 6.84. The smallest absolute Gasteiger partial charge is 0.222 e. The maximum absolute atomic E-state index is 11.7. The lowest BCUT2D eigenvalue weighted by Crippen LogP contribution is -2.30. The molecule has 1 amide bonds. The molecule has 0 fully saturated rings. The number of nitrogens with one attached hydrogen (secondary N) is 1. The van der Waals surface area contributed by atoms with Gasteiger partial charge in [-0.15, -0.1) is 0 Å². The van der Waals surface area contributed by atoms with Crippen LogP contribution in [0.5, 0.6) is 0 Å². The minimum Gasteiger partial charge on any atom is -0.392 e. The molecular weight excluding hydrogens is 254 g/mol. The summed E-state index contributed by atoms with van der Waals surface area (Å²) < 4.78 is 1.97. The number of benzene rings is 1. The summed E-state index contributed by atoms with van der Waals surface area (Å²) in [6.07, 6.45) is -0.475. The Bertz CT molecular complexity index is 604. The van der Waals surface area contributed by atoms with Crippen LogP contribution in [0.2, 0.25) is 0 Å². The maximum Gasteiger partial charge on any atom is 0.222 e. The molecule has 1 atom stereocenters. The fourth-order valence-corrected chi connectivity index (χ4v) is 2.03. The average molecular weight is 275 g/mol. The van der Waals surface area contributed by atoms with Gasteiger partial charge in [0.15, 0.2) is 0 Å². The largest absolute Gasteiger partial charge is 0.392 e. The predicted molar refractivity (Wildman–Crippen MR) is 78.0 cm³/mol. The number of nitrogens with zero attached hydrogens (tertiary/aromatic N) is 2. The molecule has 108 valence electrons. The molecule has 5 heteroatoms. The highest BCUT2D eigenvalue weighted by Crippen LogP contribution is 2.14. The zero-order chi connectivity index (χ0) is 14.7. The van der Waals surface area contributed by atoms with Gasteiger partial charge in [-0.25, -0.2) is 4.98 Å². The van der Waals surface area contributed by atoms with Gasteiger partial charge in [-0.05, 0) is 18.1 Å². The third-order valence-electron chi connectivity index (χ3n) is 3.49. The van der Waals surface area contributed by atoms with Crippen LogP contribution in [-0.2, 0) is 18.4 Å². The van der Waals surface area contributed by atoms with Gasteiger partial charge < -0.3 is 15.0 Å². The van der Waals surface area contributed by atoms with E-state index in [1.807, 2.05) is 49.7 Å². The summed E-state index contributed by atoms with van der Waals surface area (Å²) in [5.74, 6) is 0.730. The highest BCUT2D eigenvalue weighted by atomic mass is 16.3. The van der Waals surface area contributed by atoms with Crippen molar-refractivity contribution in [1.82, 2.24) is 14.9 Å². The van der Waals surface area contributed by atoms with Gasteiger partial charge in [-0.1, -0.05) is 26.0 Å². The number of aromatic nitrogens is 2. The van der Waals surface area contributed by atoms with Crippen LogP contribution in [-0.4, -0.2) is 26.7 Å². The Hall–Kier alpha value is -1.88. The highest BCUT2D eigenvalue weighted by Gasteiger charge is 2.15. The molecule has 1 aromatic heterocycles. The molecule has 1 unspecified atom stereocenters. The molecule has 0 radical (unpaired) electrons. The fourth-order valence-electron chi connectivity index (χ4n) is 2.03. The summed E-state index contributed by atoms with van der Waals surface area (Å²) >= 11 is 0. The number of para-hydroxylation sites is 2. The van der Waals surface area contributed by atoms with Gasteiger partial charge in [-0.2, -0.15) is 0 Å². The van der Waals surface area contributed by atoms with Crippen LogP contribution in [0, 0.1) is 5.92 Å². The van der Waals surface area contributed by atoms with Crippen molar-refractivity contribution >= 4 is 16.9 Å². The molecular formula is C15H21N3O2. The molecule has 2 aromatic rings. The number of rotatable bonds is 5. The monoisotopic (exact) mass is 275 g/mol. The van der Waals surface area contributed by atoms with Crippen LogP contribution in [0.3, 0.4) is 0 Å². The zero-order valence-corrected chi connectivity index (χ0v) is 12.1. The number of hydrogen-bond acceptors (Lipinski definition) is 3. The number of aliphatic hydroxyl groups is 1. The standard InChI is InChI=1S/C15H21N3O2/c1-10(2)13(19)8-15(20)16-9-14-17-11-6-4-5-7-12(11)18(14)3/h4-7,10,13,19H,8-9H2,1-3H3,(H,16,20). The predicted octanol–water partition coefficient (Wildman–Crippen LogP) is 1.60. The fraction of sp³-hybridized carbons (Fsp3) is 0.467. The van der Waals surface area contributed by atoms with Crippen molar-refractivity contribution in [1.29, 1.82) is 0 Å². The summed E-state index contributed by atoms with van der Waals surface area (Å²) in [7, 11) is 1.93. The Labute approximate surface area is 118 Å². The summed E-state index contributed by atoms with van der Waals surface area (Å²) in [5.41, 5.74) is 1.96. The topological polar surface area (TPSA) is 67.2 Å². The van der Waals surface area contributed by atoms with E-state index in [9.17, 15) is 9.90 Å². The number of amides is 1. The molecule has 0 aliphatic rings. The quantitative estimate of drug-likeness (QED) is 0.871. The van der Waals surface area contributed by atoms with E-state index in [1.54, 1.807) is 0 Å². The lowest BCUT2D eigenvalue weighted by atomic mass is 10.0. The molecule has 20 heavy (non-hydrogen) atoms. The lowest BCUT2D eigenvalue weighted by Gasteiger charge is -2.13. The first-order valence-corrected chi connectivity index (χ1v) is 6.84. The van der Waals surface area contributed by atoms with Crippen molar-refractivity contribution in [3.05, 3.63) is 30.1 Å². The average Bonchev–Trinajstić information content (AvgIpc) is 2.73. The second-order valence-corrected chi connectivity index (χ2v) is 5.37. The van der Waals surface area contributed by atoms with Crippen LogP contribution in [0.1, 0.15) is 26.1 Å². The minimum atomic E-state index is -0.601. The molecule has 2 rings (SSSR count). The molecule has 1 heterocycles. The SMILES string of the molecule is CC(C)C(O)CC(=O)NCc1nc2ccccc2n1C. The molecule has 0 aliphatic carbocycles. The second kappa shape index (κ2) is 6.05. The molecule has 0 bridgehead atoms. The first kappa shape index (κ1) is 14.5. The summed E-state index contributed by atoms with van der Waals surface area (Å²) in [6.45, 7) is 4.15. The van der Waals surface area contributed by atoms with E-state index in [0.717, 1.165) is 16.9 Å². The molecule has 0 saturated heterocycles. The van der Waals surface area contributed by atoms with Gasteiger partial charge >= 0.3 is 0 Å². The Balaban J connectivity index is 1.99. The number of aliphatic hydroxyl groups excluding tert-OH is 1. The Kier molecular flexibility index (Phi) is 4.39. The molecule has 2 N–H and O–H groups in total. The van der Waals surface area contributed by atoms with Crippen molar-refractivity contribution in [2.24, 2.45) is 13.0 Å². The third-order valence-corrected chi connectivity index (χ3v) is 3.49. The molecule has 0 aliphatic heterocycles. The van der Waals surface area contributed by atoms with Crippen molar-refractivity contribution in [2.75, 3.05) is 0 Å². The van der Waals surface area contributed by atoms with Crippen molar-refractivity contribution in [2.45, 2.75) is 32.9 Å². The van der Waals surface area contributed by atoms with E-state index in [4.69, 9.17) is 0 Å². The van der Waals surface area contributed by atoms with E-state index < -0.39 is 6.10 Å². The lowest BCUT2D eigenvalue weighted by molar-refractivity contribution is -0.123. The van der Waals surface area contributed by atoms with E-state index in [2.05, 4.69) is 10.3 Å². The van der Waals surface area contributed by atoms with Crippen LogP contribution in [0.15, 0.2) is 24.3 Å². The van der Waals surface area contributed by atoms with Gasteiger partial charge in [0.1, 0.15) is 5.82 Å². The maximum atomic E-state index is 11.7. The summed E-state index contributed by atoms with van der Waals surface area (Å²) in [5, 5.41) is 12.5. The Morgan fingerprint density at radius 3 is 2.75 bits per heavy atom. The van der Waals surface area contributed by atoms with E-state index >= 15 is 0 Å². The molecule has 5 nitrogen and oxygen atoms in total. The van der Waals surface area contributed by atoms with Crippen LogP contribution >= 0.6 is 0 Å². The van der Waals surface area contributed by atoms with Crippen LogP contribution in [0.25, 0.3) is 11.0 Å². The zero-order valence-electron chi connectivity index (χ0n) is 12.1. The number of carbonyl (C=O) groups is 1. The number of hydrogen-bond donors (Lipinski definition) is 2. The van der Waals surface area contributed by atoms with Gasteiger partial charge in [0.25, 0.3) is 0 Å². The van der Waals surface area contributed by atoms with Gasteiger partial charge in [0, 0.05) is 7.05 Å². The highest BCUT2D eigenvalue weighted by molar-refractivity contribution is 5.77. The van der Waals surface area contributed by atoms with Crippen LogP contribution < -0.4 is 5.32 Å². The Morgan fingerprint density at radius 2 is 2.10 bits per heavy atom. The van der Waals surface area contributed by atoms with Gasteiger partial charge in [-0.3, -0.25) is 4.79 Å². The first-order chi connectivity index (χ1) is 9.49. The molecule has 1 aromatic carbocycles. The third kappa shape index (κ3) is 3.17. The van der Waals surface area contributed by atoms with Crippen molar-refractivity contribution < 1.29 is 9.90 Å². The van der Waals surface area contributed by atoms with Gasteiger partial charge in [0.2, 0.25) is 5.91 Å². The number of carbonyl (C=O) groups excluding carboxylic acids is 1.